The lowest BCUT2D eigenvalue weighted by Crippen LogP contribution is -2.32. The highest BCUT2D eigenvalue weighted by atomic mass is 16.1. The van der Waals surface area contributed by atoms with Gasteiger partial charge in [-0.2, -0.15) is 0 Å². The van der Waals surface area contributed by atoms with Crippen molar-refractivity contribution < 1.29 is 4.79 Å². The number of carbonyl (C=O) groups excluding carboxylic acids is 1. The van der Waals surface area contributed by atoms with Gasteiger partial charge < -0.3 is 5.32 Å². The number of rotatable bonds is 3. The average molecular weight is 253 g/mol. The molecule has 2 aromatic carbocycles. The highest BCUT2D eigenvalue weighted by Crippen LogP contribution is 2.22. The third kappa shape index (κ3) is 2.69. The molecule has 0 atom stereocenters. The summed E-state index contributed by atoms with van der Waals surface area (Å²) in [6.07, 6.45) is 2.55. The fraction of sp³-hybridized carbons (Fsp3) is 0.353. The molecule has 0 saturated carbocycles. The number of fused-ring (bicyclic) bond motifs is 1. The van der Waals surface area contributed by atoms with Crippen LogP contribution in [0.2, 0.25) is 0 Å². The molecule has 2 nitrogen and oxygen atoms in total. The highest BCUT2D eigenvalue weighted by Gasteiger charge is 2.21. The van der Waals surface area contributed by atoms with Gasteiger partial charge in [0.05, 0.1) is 0 Å². The minimum Gasteiger partial charge on any atom is -0.317 e. The second kappa shape index (κ2) is 5.54. The van der Waals surface area contributed by atoms with Gasteiger partial charge >= 0.3 is 0 Å². The third-order valence-electron chi connectivity index (χ3n) is 4.04. The van der Waals surface area contributed by atoms with Crippen molar-refractivity contribution >= 4 is 16.6 Å². The molecule has 2 heteroatoms. The molecule has 1 aliphatic rings. The van der Waals surface area contributed by atoms with E-state index in [0.29, 0.717) is 12.2 Å². The van der Waals surface area contributed by atoms with E-state index in [-0.39, 0.29) is 5.92 Å². The third-order valence-corrected chi connectivity index (χ3v) is 4.04. The van der Waals surface area contributed by atoms with Gasteiger partial charge in [-0.15, -0.1) is 0 Å². The van der Waals surface area contributed by atoms with Crippen LogP contribution in [0.5, 0.6) is 0 Å². The Morgan fingerprint density at radius 1 is 1.05 bits per heavy atom. The molecule has 0 aromatic heterocycles. The topological polar surface area (TPSA) is 29.1 Å². The van der Waals surface area contributed by atoms with E-state index in [1.807, 2.05) is 18.2 Å². The van der Waals surface area contributed by atoms with Gasteiger partial charge in [0.25, 0.3) is 0 Å². The molecule has 3 rings (SSSR count). The minimum atomic E-state index is 0.250. The maximum Gasteiger partial charge on any atom is 0.140 e. The summed E-state index contributed by atoms with van der Waals surface area (Å²) in [6, 6.07) is 14.5. The summed E-state index contributed by atoms with van der Waals surface area (Å²) >= 11 is 0. The zero-order chi connectivity index (χ0) is 13.1. The molecule has 1 N–H and O–H groups in total. The summed E-state index contributed by atoms with van der Waals surface area (Å²) in [5.74, 6) is 0.651. The van der Waals surface area contributed by atoms with Crippen molar-refractivity contribution in [3.63, 3.8) is 0 Å². The predicted molar refractivity (Wildman–Crippen MR) is 78.3 cm³/mol. The van der Waals surface area contributed by atoms with E-state index in [2.05, 4.69) is 29.6 Å². The van der Waals surface area contributed by atoms with Gasteiger partial charge in [0, 0.05) is 12.3 Å². The maximum atomic E-state index is 12.4. The molecule has 19 heavy (non-hydrogen) atoms. The Labute approximate surface area is 113 Å². The molecule has 1 fully saturated rings. The summed E-state index contributed by atoms with van der Waals surface area (Å²) in [6.45, 7) is 1.96. The van der Waals surface area contributed by atoms with Crippen molar-refractivity contribution in [1.82, 2.24) is 5.32 Å². The number of ketones is 1. The van der Waals surface area contributed by atoms with Crippen molar-refractivity contribution in [1.29, 1.82) is 0 Å². The van der Waals surface area contributed by atoms with E-state index in [0.717, 1.165) is 25.9 Å². The SMILES string of the molecule is O=C(Cc1cccc2ccccc12)C1CCNCC1. The van der Waals surface area contributed by atoms with E-state index in [9.17, 15) is 4.79 Å². The van der Waals surface area contributed by atoms with E-state index in [4.69, 9.17) is 0 Å². The lowest BCUT2D eigenvalue weighted by atomic mass is 9.89. The van der Waals surface area contributed by atoms with E-state index >= 15 is 0 Å². The maximum absolute atomic E-state index is 12.4. The molecule has 1 aliphatic heterocycles. The van der Waals surface area contributed by atoms with Crippen LogP contribution in [0, 0.1) is 5.92 Å². The highest BCUT2D eigenvalue weighted by molar-refractivity contribution is 5.91. The van der Waals surface area contributed by atoms with Gasteiger partial charge in [-0.3, -0.25) is 4.79 Å². The monoisotopic (exact) mass is 253 g/mol. The van der Waals surface area contributed by atoms with Crippen molar-refractivity contribution in [3.05, 3.63) is 48.0 Å². The molecule has 0 bridgehead atoms. The molecule has 0 aliphatic carbocycles. The predicted octanol–water partition coefficient (Wildman–Crippen LogP) is 2.95. The van der Waals surface area contributed by atoms with Crippen LogP contribution in [-0.2, 0) is 11.2 Å². The van der Waals surface area contributed by atoms with Crippen molar-refractivity contribution in [3.8, 4) is 0 Å². The Balaban J connectivity index is 1.82. The summed E-state index contributed by atoms with van der Waals surface area (Å²) < 4.78 is 0. The number of hydrogen-bond donors (Lipinski definition) is 1. The Morgan fingerprint density at radius 3 is 2.63 bits per heavy atom. The van der Waals surface area contributed by atoms with Crippen LogP contribution in [0.4, 0.5) is 0 Å². The minimum absolute atomic E-state index is 0.250. The fourth-order valence-corrected chi connectivity index (χ4v) is 2.92. The van der Waals surface area contributed by atoms with Crippen LogP contribution in [0.25, 0.3) is 10.8 Å². The number of Topliss-reactive ketones (excluding diaryl/α,β-unsaturated/α-hetero) is 1. The lowest BCUT2D eigenvalue weighted by Gasteiger charge is -2.21. The van der Waals surface area contributed by atoms with Crippen LogP contribution in [-0.4, -0.2) is 18.9 Å². The normalized spacial score (nSPS) is 16.6. The Morgan fingerprint density at radius 2 is 1.79 bits per heavy atom. The van der Waals surface area contributed by atoms with Gasteiger partial charge in [0.2, 0.25) is 0 Å². The first-order chi connectivity index (χ1) is 9.34. The van der Waals surface area contributed by atoms with E-state index < -0.39 is 0 Å². The molecule has 0 unspecified atom stereocenters. The van der Waals surface area contributed by atoms with E-state index in [1.165, 1.54) is 16.3 Å². The Hall–Kier alpha value is -1.67. The standard InChI is InChI=1S/C17H19NO/c19-17(14-8-10-18-11-9-14)12-15-6-3-5-13-4-1-2-7-16(13)15/h1-7,14,18H,8-12H2. The van der Waals surface area contributed by atoms with E-state index in [1.54, 1.807) is 0 Å². The quantitative estimate of drug-likeness (QED) is 0.911. The average Bonchev–Trinajstić information content (AvgIpc) is 2.48. The van der Waals surface area contributed by atoms with Crippen molar-refractivity contribution in [2.24, 2.45) is 5.92 Å². The molecule has 0 amide bonds. The second-order valence-corrected chi connectivity index (χ2v) is 5.31. The Kier molecular flexibility index (Phi) is 3.60. The van der Waals surface area contributed by atoms with Crippen LogP contribution >= 0.6 is 0 Å². The first kappa shape index (κ1) is 12.4. The van der Waals surface area contributed by atoms with Crippen molar-refractivity contribution in [2.45, 2.75) is 19.3 Å². The summed E-state index contributed by atoms with van der Waals surface area (Å²) in [5, 5.41) is 5.75. The fourth-order valence-electron chi connectivity index (χ4n) is 2.92. The summed E-state index contributed by atoms with van der Waals surface area (Å²) in [4.78, 5) is 12.4. The summed E-state index contributed by atoms with van der Waals surface area (Å²) in [7, 11) is 0. The molecular weight excluding hydrogens is 234 g/mol. The first-order valence-corrected chi connectivity index (χ1v) is 7.04. The smallest absolute Gasteiger partial charge is 0.140 e. The first-order valence-electron chi connectivity index (χ1n) is 7.04. The van der Waals surface area contributed by atoms with Crippen LogP contribution < -0.4 is 5.32 Å². The molecule has 0 spiro atoms. The molecule has 1 heterocycles. The van der Waals surface area contributed by atoms with Gasteiger partial charge in [0.1, 0.15) is 5.78 Å². The number of piperidine rings is 1. The zero-order valence-corrected chi connectivity index (χ0v) is 11.1. The molecule has 2 aromatic rings. The molecular formula is C17H19NO. The van der Waals surface area contributed by atoms with Crippen LogP contribution in [0.3, 0.4) is 0 Å². The van der Waals surface area contributed by atoms with Gasteiger partial charge in [0.15, 0.2) is 0 Å². The van der Waals surface area contributed by atoms with Gasteiger partial charge in [-0.1, -0.05) is 42.5 Å². The largest absolute Gasteiger partial charge is 0.317 e. The molecule has 0 radical (unpaired) electrons. The number of hydrogen-bond acceptors (Lipinski definition) is 2. The van der Waals surface area contributed by atoms with Crippen molar-refractivity contribution in [2.75, 3.05) is 13.1 Å². The lowest BCUT2D eigenvalue weighted by molar-refractivity contribution is -0.122. The van der Waals surface area contributed by atoms with Gasteiger partial charge in [-0.05, 0) is 42.3 Å². The molecule has 1 saturated heterocycles. The number of benzene rings is 2. The van der Waals surface area contributed by atoms with Crippen LogP contribution in [0.1, 0.15) is 18.4 Å². The zero-order valence-electron chi connectivity index (χ0n) is 11.1. The van der Waals surface area contributed by atoms with Gasteiger partial charge in [-0.25, -0.2) is 0 Å². The van der Waals surface area contributed by atoms with Crippen LogP contribution in [0.15, 0.2) is 42.5 Å². The second-order valence-electron chi connectivity index (χ2n) is 5.31. The number of carbonyl (C=O) groups is 1. The summed E-state index contributed by atoms with van der Waals surface area (Å²) in [5.41, 5.74) is 1.17. The number of nitrogens with one attached hydrogen (secondary N) is 1. The Bertz CT molecular complexity index is 579. The molecule has 98 valence electrons.